The lowest BCUT2D eigenvalue weighted by Gasteiger charge is -2.39. The minimum Gasteiger partial charge on any atom is -0.451 e. The smallest absolute Gasteiger partial charge is 0.334 e. The lowest BCUT2D eigenvalue weighted by atomic mass is 9.79. The van der Waals surface area contributed by atoms with Crippen molar-refractivity contribution in [2.24, 2.45) is 5.92 Å². The average molecular weight is 352 g/mol. The number of esters is 1. The molecule has 0 aromatic rings. The Kier molecular flexibility index (Phi) is 5.81. The lowest BCUT2D eigenvalue weighted by Crippen LogP contribution is -2.44. The molecule has 2 aliphatic heterocycles. The van der Waals surface area contributed by atoms with Gasteiger partial charge in [-0.05, 0) is 64.4 Å². The monoisotopic (exact) mass is 352 g/mol. The molecule has 4 atom stereocenters. The van der Waals surface area contributed by atoms with Gasteiger partial charge in [0.1, 0.15) is 5.60 Å². The van der Waals surface area contributed by atoms with Crippen LogP contribution < -0.4 is 0 Å². The van der Waals surface area contributed by atoms with Crippen LogP contribution in [0.5, 0.6) is 0 Å². The lowest BCUT2D eigenvalue weighted by molar-refractivity contribution is -0.159. The fourth-order valence-electron chi connectivity index (χ4n) is 3.47. The maximum absolute atomic E-state index is 12.4. The van der Waals surface area contributed by atoms with E-state index < -0.39 is 22.9 Å². The molecule has 2 bridgehead atoms. The third kappa shape index (κ3) is 4.72. The number of aliphatic hydroxyl groups excluding tert-OH is 1. The first-order valence-electron chi connectivity index (χ1n) is 9.23. The van der Waals surface area contributed by atoms with Crippen LogP contribution >= 0.6 is 0 Å². The van der Waals surface area contributed by atoms with Crippen LogP contribution in [0.1, 0.15) is 66.2 Å². The molecule has 2 heterocycles. The number of rotatable bonds is 1. The number of hydrogen-bond donors (Lipinski definition) is 3. The third-order valence-electron chi connectivity index (χ3n) is 5.71. The first-order chi connectivity index (χ1) is 11.5. The van der Waals surface area contributed by atoms with Crippen LogP contribution in [0.3, 0.4) is 0 Å². The van der Waals surface area contributed by atoms with Crippen molar-refractivity contribution >= 4 is 5.97 Å². The fourth-order valence-corrected chi connectivity index (χ4v) is 3.47. The van der Waals surface area contributed by atoms with E-state index in [4.69, 9.17) is 4.74 Å². The van der Waals surface area contributed by atoms with Crippen LogP contribution in [0.2, 0.25) is 0 Å². The standard InChI is InChI=1S/C20H32O5/c1-14(2)20-11-7-15(17(22)25-20)6-5-9-19(4,24)16(21)8-10-18(3,23)12-13-20/h6,12-14,16,21,23-24H,5,7-11H2,1-4H3. The number of carbonyl (C=O) groups is 1. The Balaban J connectivity index is 2.36. The van der Waals surface area contributed by atoms with Gasteiger partial charge >= 0.3 is 5.97 Å². The van der Waals surface area contributed by atoms with Crippen LogP contribution in [-0.4, -0.2) is 44.2 Å². The number of fused-ring (bicyclic) bond motifs is 10. The van der Waals surface area contributed by atoms with Crippen molar-refractivity contribution in [1.29, 1.82) is 0 Å². The number of hydrogen-bond acceptors (Lipinski definition) is 5. The SMILES string of the molecule is CC(C)C12C=CC(C)(O)CCC(O)C(C)(O)CCC=C(CC1)C(=O)O2. The Morgan fingerprint density at radius 3 is 2.44 bits per heavy atom. The molecule has 3 N–H and O–H groups in total. The largest absolute Gasteiger partial charge is 0.451 e. The van der Waals surface area contributed by atoms with E-state index in [1.807, 2.05) is 26.0 Å². The zero-order chi connectivity index (χ0) is 18.9. The fraction of sp³-hybridized carbons (Fsp3) is 0.750. The molecule has 0 aromatic heterocycles. The summed E-state index contributed by atoms with van der Waals surface area (Å²) < 4.78 is 5.79. The minimum absolute atomic E-state index is 0.0873. The van der Waals surface area contributed by atoms with E-state index >= 15 is 0 Å². The molecule has 4 unspecified atom stereocenters. The zero-order valence-electron chi connectivity index (χ0n) is 15.8. The maximum Gasteiger partial charge on any atom is 0.334 e. The molecular weight excluding hydrogens is 320 g/mol. The molecule has 5 heteroatoms. The van der Waals surface area contributed by atoms with E-state index in [0.29, 0.717) is 37.7 Å². The molecule has 3 aliphatic rings. The Bertz CT molecular complexity index is 558. The van der Waals surface area contributed by atoms with Gasteiger partial charge in [0.15, 0.2) is 0 Å². The van der Waals surface area contributed by atoms with Crippen molar-refractivity contribution in [2.45, 2.75) is 89.1 Å². The van der Waals surface area contributed by atoms with E-state index in [2.05, 4.69) is 0 Å². The van der Waals surface area contributed by atoms with Gasteiger partial charge < -0.3 is 20.1 Å². The van der Waals surface area contributed by atoms with Gasteiger partial charge in [-0.25, -0.2) is 4.79 Å². The van der Waals surface area contributed by atoms with Gasteiger partial charge in [-0.3, -0.25) is 0 Å². The quantitative estimate of drug-likeness (QED) is 0.499. The number of allylic oxidation sites excluding steroid dienone is 1. The molecule has 25 heavy (non-hydrogen) atoms. The Labute approximate surface area is 150 Å². The van der Waals surface area contributed by atoms with E-state index in [-0.39, 0.29) is 18.3 Å². The summed E-state index contributed by atoms with van der Waals surface area (Å²) in [5.74, 6) is -0.245. The molecule has 1 aliphatic carbocycles. The van der Waals surface area contributed by atoms with Crippen LogP contribution in [-0.2, 0) is 9.53 Å². The Morgan fingerprint density at radius 2 is 1.84 bits per heavy atom. The average Bonchev–Trinajstić information content (AvgIpc) is 2.51. The summed E-state index contributed by atoms with van der Waals surface area (Å²) in [4.78, 5) is 12.4. The molecular formula is C20H32O5. The van der Waals surface area contributed by atoms with Crippen LogP contribution in [0.4, 0.5) is 0 Å². The molecule has 1 fully saturated rings. The summed E-state index contributed by atoms with van der Waals surface area (Å²) in [6, 6.07) is 0. The van der Waals surface area contributed by atoms with Gasteiger partial charge in [-0.2, -0.15) is 0 Å². The summed E-state index contributed by atoms with van der Waals surface area (Å²) in [5, 5.41) is 31.4. The molecule has 1 saturated heterocycles. The molecule has 0 amide bonds. The molecule has 0 saturated carbocycles. The van der Waals surface area contributed by atoms with Crippen molar-refractivity contribution in [3.63, 3.8) is 0 Å². The van der Waals surface area contributed by atoms with Gasteiger partial charge in [0.25, 0.3) is 0 Å². The van der Waals surface area contributed by atoms with Crippen LogP contribution in [0.25, 0.3) is 0 Å². The predicted octanol–water partition coefficient (Wildman–Crippen LogP) is 2.64. The van der Waals surface area contributed by atoms with Crippen molar-refractivity contribution < 1.29 is 24.9 Å². The van der Waals surface area contributed by atoms with Crippen molar-refractivity contribution in [1.82, 2.24) is 0 Å². The summed E-state index contributed by atoms with van der Waals surface area (Å²) in [7, 11) is 0. The summed E-state index contributed by atoms with van der Waals surface area (Å²) in [5.41, 5.74) is -2.50. The van der Waals surface area contributed by atoms with Gasteiger partial charge in [0.05, 0.1) is 17.3 Å². The van der Waals surface area contributed by atoms with Crippen LogP contribution in [0.15, 0.2) is 23.8 Å². The second kappa shape index (κ2) is 7.22. The highest BCUT2D eigenvalue weighted by Gasteiger charge is 2.41. The van der Waals surface area contributed by atoms with E-state index in [1.54, 1.807) is 19.9 Å². The highest BCUT2D eigenvalue weighted by atomic mass is 16.6. The zero-order valence-corrected chi connectivity index (χ0v) is 15.8. The van der Waals surface area contributed by atoms with Gasteiger partial charge in [0.2, 0.25) is 0 Å². The first-order valence-corrected chi connectivity index (χ1v) is 9.23. The van der Waals surface area contributed by atoms with Gasteiger partial charge in [0, 0.05) is 5.57 Å². The van der Waals surface area contributed by atoms with E-state index in [0.717, 1.165) is 0 Å². The molecule has 0 radical (unpaired) electrons. The summed E-state index contributed by atoms with van der Waals surface area (Å²) in [6.07, 6.45) is 7.08. The maximum atomic E-state index is 12.4. The van der Waals surface area contributed by atoms with E-state index in [1.165, 1.54) is 0 Å². The highest BCUT2D eigenvalue weighted by Crippen LogP contribution is 2.38. The summed E-state index contributed by atoms with van der Waals surface area (Å²) in [6.45, 7) is 7.27. The molecule has 0 spiro atoms. The van der Waals surface area contributed by atoms with Crippen molar-refractivity contribution in [2.75, 3.05) is 0 Å². The number of aliphatic hydroxyl groups is 3. The molecule has 3 rings (SSSR count). The van der Waals surface area contributed by atoms with Crippen LogP contribution in [0, 0.1) is 5.92 Å². The minimum atomic E-state index is -1.26. The van der Waals surface area contributed by atoms with Crippen molar-refractivity contribution in [3.05, 3.63) is 23.8 Å². The molecule has 0 aromatic carbocycles. The Morgan fingerprint density at radius 1 is 1.16 bits per heavy atom. The Hall–Kier alpha value is -1.17. The predicted molar refractivity (Wildman–Crippen MR) is 95.8 cm³/mol. The van der Waals surface area contributed by atoms with Gasteiger partial charge in [-0.1, -0.05) is 26.0 Å². The second-order valence-electron chi connectivity index (χ2n) is 8.37. The first kappa shape index (κ1) is 20.1. The summed E-state index contributed by atoms with van der Waals surface area (Å²) >= 11 is 0. The molecule has 5 nitrogen and oxygen atoms in total. The number of carbonyl (C=O) groups excluding carboxylic acids is 1. The normalized spacial score (nSPS) is 40.6. The molecule has 142 valence electrons. The topological polar surface area (TPSA) is 87.0 Å². The number of ether oxygens (including phenoxy) is 1. The van der Waals surface area contributed by atoms with Crippen molar-refractivity contribution in [3.8, 4) is 0 Å². The highest BCUT2D eigenvalue weighted by molar-refractivity contribution is 5.89. The van der Waals surface area contributed by atoms with Gasteiger partial charge in [-0.15, -0.1) is 0 Å². The van der Waals surface area contributed by atoms with E-state index in [9.17, 15) is 20.1 Å². The second-order valence-corrected chi connectivity index (χ2v) is 8.37. The third-order valence-corrected chi connectivity index (χ3v) is 5.71.